The highest BCUT2D eigenvalue weighted by Gasteiger charge is 2.02. The van der Waals surface area contributed by atoms with E-state index in [0.29, 0.717) is 11.6 Å². The lowest BCUT2D eigenvalue weighted by Gasteiger charge is -2.10. The topological polar surface area (TPSA) is 32.3 Å². The molecule has 0 bridgehead atoms. The molecule has 0 aliphatic rings. The molecule has 0 saturated carbocycles. The number of hydrogen-bond donors (Lipinski definition) is 2. The molecule has 0 aliphatic heterocycles. The molecule has 3 aromatic rings. The third-order valence-corrected chi connectivity index (χ3v) is 3.61. The average molecular weight is 284 g/mol. The smallest absolute Gasteiger partial charge is 0.134 e. The second kappa shape index (κ2) is 5.43. The van der Waals surface area contributed by atoms with E-state index < -0.39 is 0 Å². The molecule has 0 fully saturated rings. The summed E-state index contributed by atoms with van der Waals surface area (Å²) in [6, 6.07) is 19.7. The predicted octanol–water partition coefficient (Wildman–Crippen LogP) is 4.81. The largest absolute Gasteiger partial charge is 0.506 e. The summed E-state index contributed by atoms with van der Waals surface area (Å²) in [5.74, 6) is 0.0994. The van der Waals surface area contributed by atoms with Gasteiger partial charge in [-0.25, -0.2) is 0 Å². The van der Waals surface area contributed by atoms with Crippen LogP contribution in [0.5, 0.6) is 5.75 Å². The van der Waals surface area contributed by atoms with E-state index in [1.807, 2.05) is 18.2 Å². The maximum Gasteiger partial charge on any atom is 0.134 e. The van der Waals surface area contributed by atoms with Crippen LogP contribution in [0.15, 0.2) is 60.7 Å². The van der Waals surface area contributed by atoms with E-state index in [1.165, 1.54) is 16.3 Å². The van der Waals surface area contributed by atoms with Crippen molar-refractivity contribution in [3.05, 3.63) is 71.2 Å². The lowest BCUT2D eigenvalue weighted by Crippen LogP contribution is -1.99. The first-order chi connectivity index (χ1) is 9.74. The zero-order valence-corrected chi connectivity index (χ0v) is 11.6. The van der Waals surface area contributed by atoms with Gasteiger partial charge in [-0.1, -0.05) is 54.1 Å². The molecule has 3 aromatic carbocycles. The van der Waals surface area contributed by atoms with Crippen molar-refractivity contribution in [3.8, 4) is 5.75 Å². The van der Waals surface area contributed by atoms with Crippen LogP contribution in [0.3, 0.4) is 0 Å². The first-order valence-corrected chi connectivity index (χ1v) is 6.81. The fourth-order valence-corrected chi connectivity index (χ4v) is 2.44. The van der Waals surface area contributed by atoms with Crippen molar-refractivity contribution in [3.63, 3.8) is 0 Å². The van der Waals surface area contributed by atoms with Crippen LogP contribution in [0, 0.1) is 0 Å². The van der Waals surface area contributed by atoms with Gasteiger partial charge >= 0.3 is 0 Å². The normalized spacial score (nSPS) is 10.7. The van der Waals surface area contributed by atoms with Gasteiger partial charge in [0, 0.05) is 12.2 Å². The molecule has 0 saturated heterocycles. The Morgan fingerprint density at radius 2 is 1.75 bits per heavy atom. The van der Waals surface area contributed by atoms with Crippen molar-refractivity contribution in [2.24, 2.45) is 0 Å². The fraction of sp³-hybridized carbons (Fsp3) is 0.0588. The number of nitrogens with one attached hydrogen (secondary N) is 1. The monoisotopic (exact) mass is 283 g/mol. The highest BCUT2D eigenvalue weighted by molar-refractivity contribution is 6.32. The van der Waals surface area contributed by atoms with Gasteiger partial charge < -0.3 is 10.4 Å². The number of fused-ring (bicyclic) bond motifs is 1. The number of hydrogen-bond acceptors (Lipinski definition) is 2. The highest BCUT2D eigenvalue weighted by atomic mass is 35.5. The van der Waals surface area contributed by atoms with Crippen molar-refractivity contribution in [2.75, 3.05) is 5.32 Å². The van der Waals surface area contributed by atoms with Crippen LogP contribution in [-0.2, 0) is 6.54 Å². The maximum absolute atomic E-state index is 9.41. The molecule has 0 heterocycles. The minimum atomic E-state index is 0.0994. The standard InChI is InChI=1S/C17H14ClNO/c18-16-10-14(8-9-17(16)20)19-11-13-6-3-5-12-4-1-2-7-15(12)13/h1-10,19-20H,11H2. The molecule has 0 atom stereocenters. The Hall–Kier alpha value is -2.19. The molecule has 0 aliphatic carbocycles. The Morgan fingerprint density at radius 3 is 2.60 bits per heavy atom. The van der Waals surface area contributed by atoms with E-state index in [2.05, 4.69) is 35.6 Å². The molecule has 3 heteroatoms. The Kier molecular flexibility index (Phi) is 3.48. The zero-order chi connectivity index (χ0) is 13.9. The molecule has 0 aromatic heterocycles. The molecule has 0 radical (unpaired) electrons. The van der Waals surface area contributed by atoms with Crippen LogP contribution in [0.4, 0.5) is 5.69 Å². The molecule has 2 nitrogen and oxygen atoms in total. The first kappa shape index (κ1) is 12.8. The molecule has 0 unspecified atom stereocenters. The number of anilines is 1. The Labute approximate surface area is 122 Å². The van der Waals surface area contributed by atoms with Gasteiger partial charge in [0.25, 0.3) is 0 Å². The molecule has 20 heavy (non-hydrogen) atoms. The predicted molar refractivity (Wildman–Crippen MR) is 84.4 cm³/mol. The minimum Gasteiger partial charge on any atom is -0.506 e. The molecule has 0 amide bonds. The Balaban J connectivity index is 1.85. The maximum atomic E-state index is 9.41. The van der Waals surface area contributed by atoms with Gasteiger partial charge in [0.05, 0.1) is 5.02 Å². The summed E-state index contributed by atoms with van der Waals surface area (Å²) in [6.45, 7) is 0.711. The molecule has 100 valence electrons. The average Bonchev–Trinajstić information content (AvgIpc) is 2.48. The van der Waals surface area contributed by atoms with Crippen LogP contribution < -0.4 is 5.32 Å². The van der Waals surface area contributed by atoms with E-state index in [0.717, 1.165) is 5.69 Å². The summed E-state index contributed by atoms with van der Waals surface area (Å²) in [4.78, 5) is 0. The zero-order valence-electron chi connectivity index (χ0n) is 10.8. The van der Waals surface area contributed by atoms with Crippen molar-refractivity contribution in [1.82, 2.24) is 0 Å². The summed E-state index contributed by atoms with van der Waals surface area (Å²) < 4.78 is 0. The van der Waals surface area contributed by atoms with E-state index in [9.17, 15) is 5.11 Å². The molecular formula is C17H14ClNO. The summed E-state index contributed by atoms with van der Waals surface area (Å²) >= 11 is 5.90. The highest BCUT2D eigenvalue weighted by Crippen LogP contribution is 2.27. The van der Waals surface area contributed by atoms with Crippen LogP contribution in [0.25, 0.3) is 10.8 Å². The van der Waals surface area contributed by atoms with Gasteiger partial charge in [-0.3, -0.25) is 0 Å². The number of rotatable bonds is 3. The molecule has 0 spiro atoms. The van der Waals surface area contributed by atoms with Crippen molar-refractivity contribution >= 4 is 28.1 Å². The van der Waals surface area contributed by atoms with Crippen molar-refractivity contribution in [1.29, 1.82) is 0 Å². The van der Waals surface area contributed by atoms with Crippen molar-refractivity contribution < 1.29 is 5.11 Å². The number of halogens is 1. The van der Waals surface area contributed by atoms with Crippen molar-refractivity contribution in [2.45, 2.75) is 6.54 Å². The second-order valence-corrected chi connectivity index (χ2v) is 5.07. The van der Waals surface area contributed by atoms with E-state index in [1.54, 1.807) is 12.1 Å². The molecule has 2 N–H and O–H groups in total. The first-order valence-electron chi connectivity index (χ1n) is 6.43. The Bertz CT molecular complexity index is 750. The minimum absolute atomic E-state index is 0.0994. The molecular weight excluding hydrogens is 270 g/mol. The van der Waals surface area contributed by atoms with Crippen LogP contribution in [-0.4, -0.2) is 5.11 Å². The van der Waals surface area contributed by atoms with Gasteiger partial charge in [-0.15, -0.1) is 0 Å². The molecule has 3 rings (SSSR count). The summed E-state index contributed by atoms with van der Waals surface area (Å²) in [5, 5.41) is 15.6. The lowest BCUT2D eigenvalue weighted by atomic mass is 10.0. The van der Waals surface area contributed by atoms with Gasteiger partial charge in [-0.05, 0) is 34.5 Å². The van der Waals surface area contributed by atoms with E-state index in [-0.39, 0.29) is 5.75 Å². The van der Waals surface area contributed by atoms with Crippen LogP contribution in [0.2, 0.25) is 5.02 Å². The van der Waals surface area contributed by atoms with Gasteiger partial charge in [0.15, 0.2) is 0 Å². The fourth-order valence-electron chi connectivity index (χ4n) is 2.26. The van der Waals surface area contributed by atoms with Crippen LogP contribution in [0.1, 0.15) is 5.56 Å². The third-order valence-electron chi connectivity index (χ3n) is 3.31. The van der Waals surface area contributed by atoms with Gasteiger partial charge in [0.2, 0.25) is 0 Å². The SMILES string of the molecule is Oc1ccc(NCc2cccc3ccccc23)cc1Cl. The summed E-state index contributed by atoms with van der Waals surface area (Å²) in [7, 11) is 0. The van der Waals surface area contributed by atoms with E-state index in [4.69, 9.17) is 11.6 Å². The number of phenols is 1. The summed E-state index contributed by atoms with van der Waals surface area (Å²) in [6.07, 6.45) is 0. The third kappa shape index (κ3) is 2.56. The number of phenolic OH excluding ortho intramolecular Hbond substituents is 1. The Morgan fingerprint density at radius 1 is 0.950 bits per heavy atom. The quantitative estimate of drug-likeness (QED) is 0.676. The number of aromatic hydroxyl groups is 1. The number of benzene rings is 3. The van der Waals surface area contributed by atoms with Crippen LogP contribution >= 0.6 is 11.6 Å². The summed E-state index contributed by atoms with van der Waals surface area (Å²) in [5.41, 5.74) is 2.12. The van der Waals surface area contributed by atoms with Gasteiger partial charge in [0.1, 0.15) is 5.75 Å². The van der Waals surface area contributed by atoms with E-state index >= 15 is 0 Å². The second-order valence-electron chi connectivity index (χ2n) is 4.66. The van der Waals surface area contributed by atoms with Gasteiger partial charge in [-0.2, -0.15) is 0 Å². The lowest BCUT2D eigenvalue weighted by molar-refractivity contribution is 0.475.